The standard InChI is InChI=1S/C16H21N5O4S/c1-10(2)15-16(22)17-9-14-13(19-20-21(14)15)8-18-26(23,24)12-6-4-5-11(7-12)25-3/h4-7,10,15,18H,8-9H2,1-3H3,(H,17,22). The number of carbonyl (C=O) groups is 1. The van der Waals surface area contributed by atoms with E-state index in [4.69, 9.17) is 4.74 Å². The molecule has 3 rings (SSSR count). The second kappa shape index (κ2) is 7.04. The van der Waals surface area contributed by atoms with Crippen molar-refractivity contribution in [3.8, 4) is 5.75 Å². The van der Waals surface area contributed by atoms with E-state index in [2.05, 4.69) is 20.4 Å². The molecule has 140 valence electrons. The van der Waals surface area contributed by atoms with Gasteiger partial charge in [0.15, 0.2) is 0 Å². The molecule has 0 radical (unpaired) electrons. The fourth-order valence-corrected chi connectivity index (χ4v) is 3.90. The zero-order valence-electron chi connectivity index (χ0n) is 14.8. The maximum atomic E-state index is 12.5. The highest BCUT2D eigenvalue weighted by atomic mass is 32.2. The summed E-state index contributed by atoms with van der Waals surface area (Å²) >= 11 is 0. The second-order valence-corrected chi connectivity index (χ2v) is 8.10. The van der Waals surface area contributed by atoms with Crippen molar-refractivity contribution in [2.24, 2.45) is 5.92 Å². The Bertz CT molecular complexity index is 922. The summed E-state index contributed by atoms with van der Waals surface area (Å²) in [5.41, 5.74) is 1.19. The third kappa shape index (κ3) is 3.42. The van der Waals surface area contributed by atoms with Crippen molar-refractivity contribution in [2.45, 2.75) is 37.9 Å². The predicted octanol–water partition coefficient (Wildman–Crippen LogP) is 0.592. The maximum absolute atomic E-state index is 12.5. The molecule has 0 aliphatic carbocycles. The van der Waals surface area contributed by atoms with E-state index in [1.165, 1.54) is 19.2 Å². The molecule has 1 aliphatic rings. The van der Waals surface area contributed by atoms with Crippen LogP contribution in [0.4, 0.5) is 0 Å². The van der Waals surface area contributed by atoms with E-state index in [1.54, 1.807) is 16.8 Å². The lowest BCUT2D eigenvalue weighted by Crippen LogP contribution is -2.42. The maximum Gasteiger partial charge on any atom is 0.245 e. The molecule has 0 fully saturated rings. The number of hydrogen-bond acceptors (Lipinski definition) is 6. The van der Waals surface area contributed by atoms with Gasteiger partial charge in [0.25, 0.3) is 0 Å². The molecule has 0 saturated carbocycles. The van der Waals surface area contributed by atoms with E-state index >= 15 is 0 Å². The fraction of sp³-hybridized carbons (Fsp3) is 0.438. The van der Waals surface area contributed by atoms with Crippen LogP contribution in [0.25, 0.3) is 0 Å². The average molecular weight is 379 g/mol. The van der Waals surface area contributed by atoms with Crippen molar-refractivity contribution in [1.82, 2.24) is 25.0 Å². The summed E-state index contributed by atoms with van der Waals surface area (Å²) < 4.78 is 34.2. The minimum Gasteiger partial charge on any atom is -0.497 e. The number of fused-ring (bicyclic) bond motifs is 1. The molecule has 1 aromatic carbocycles. The number of aromatic nitrogens is 3. The number of amides is 1. The Morgan fingerprint density at radius 3 is 2.88 bits per heavy atom. The molecule has 1 atom stereocenters. The topological polar surface area (TPSA) is 115 Å². The fourth-order valence-electron chi connectivity index (χ4n) is 2.88. The first-order valence-corrected chi connectivity index (χ1v) is 9.66. The predicted molar refractivity (Wildman–Crippen MR) is 92.8 cm³/mol. The highest BCUT2D eigenvalue weighted by molar-refractivity contribution is 7.89. The molecule has 9 nitrogen and oxygen atoms in total. The van der Waals surface area contributed by atoms with E-state index in [0.29, 0.717) is 17.1 Å². The lowest BCUT2D eigenvalue weighted by Gasteiger charge is -2.26. The molecule has 1 unspecified atom stereocenters. The summed E-state index contributed by atoms with van der Waals surface area (Å²) in [5, 5.41) is 10.9. The van der Waals surface area contributed by atoms with E-state index in [1.807, 2.05) is 13.8 Å². The third-order valence-electron chi connectivity index (χ3n) is 4.25. The molecule has 2 heterocycles. The molecule has 10 heteroatoms. The molecule has 1 amide bonds. The molecule has 0 spiro atoms. The van der Waals surface area contributed by atoms with Crippen LogP contribution in [0.1, 0.15) is 31.3 Å². The Morgan fingerprint density at radius 2 is 2.19 bits per heavy atom. The summed E-state index contributed by atoms with van der Waals surface area (Å²) in [7, 11) is -2.26. The van der Waals surface area contributed by atoms with E-state index in [9.17, 15) is 13.2 Å². The number of nitrogens with zero attached hydrogens (tertiary/aromatic N) is 3. The first-order valence-electron chi connectivity index (χ1n) is 8.18. The number of nitrogens with one attached hydrogen (secondary N) is 2. The molecule has 1 aliphatic heterocycles. The molecule has 1 aromatic heterocycles. The van der Waals surface area contributed by atoms with Gasteiger partial charge in [-0.25, -0.2) is 17.8 Å². The van der Waals surface area contributed by atoms with Crippen molar-refractivity contribution >= 4 is 15.9 Å². The van der Waals surface area contributed by atoms with Gasteiger partial charge in [0.05, 0.1) is 30.8 Å². The Kier molecular flexibility index (Phi) is 4.97. The molecule has 0 saturated heterocycles. The van der Waals surface area contributed by atoms with Gasteiger partial charge in [-0.15, -0.1) is 5.10 Å². The first kappa shape index (κ1) is 18.3. The van der Waals surface area contributed by atoms with Gasteiger partial charge < -0.3 is 10.1 Å². The van der Waals surface area contributed by atoms with Gasteiger partial charge in [-0.1, -0.05) is 25.1 Å². The third-order valence-corrected chi connectivity index (χ3v) is 5.65. The van der Waals surface area contributed by atoms with Crippen LogP contribution in [0.2, 0.25) is 0 Å². The van der Waals surface area contributed by atoms with E-state index in [0.717, 1.165) is 0 Å². The lowest BCUT2D eigenvalue weighted by atomic mass is 10.0. The molecule has 2 aromatic rings. The monoisotopic (exact) mass is 379 g/mol. The van der Waals surface area contributed by atoms with Crippen LogP contribution < -0.4 is 14.8 Å². The number of carbonyl (C=O) groups excluding carboxylic acids is 1. The van der Waals surface area contributed by atoms with E-state index in [-0.39, 0.29) is 29.8 Å². The molecule has 26 heavy (non-hydrogen) atoms. The number of methoxy groups -OCH3 is 1. The van der Waals surface area contributed by atoms with Crippen LogP contribution in [0.15, 0.2) is 29.2 Å². The van der Waals surface area contributed by atoms with Gasteiger partial charge in [0.1, 0.15) is 17.5 Å². The summed E-state index contributed by atoms with van der Waals surface area (Å²) in [5.74, 6) is 0.384. The van der Waals surface area contributed by atoms with Gasteiger partial charge in [-0.05, 0) is 18.1 Å². The van der Waals surface area contributed by atoms with Gasteiger partial charge in [-0.3, -0.25) is 4.79 Å². The van der Waals surface area contributed by atoms with Crippen molar-refractivity contribution in [1.29, 1.82) is 0 Å². The molecular formula is C16H21N5O4S. The molecular weight excluding hydrogens is 358 g/mol. The van der Waals surface area contributed by atoms with Gasteiger partial charge in [-0.2, -0.15) is 0 Å². The van der Waals surface area contributed by atoms with Gasteiger partial charge in [0, 0.05) is 6.07 Å². The highest BCUT2D eigenvalue weighted by Gasteiger charge is 2.33. The van der Waals surface area contributed by atoms with Crippen molar-refractivity contribution in [3.63, 3.8) is 0 Å². The largest absolute Gasteiger partial charge is 0.497 e. The van der Waals surface area contributed by atoms with Gasteiger partial charge in [0.2, 0.25) is 15.9 Å². The summed E-state index contributed by atoms with van der Waals surface area (Å²) in [4.78, 5) is 12.2. The normalized spacial score (nSPS) is 17.1. The Morgan fingerprint density at radius 1 is 1.42 bits per heavy atom. The van der Waals surface area contributed by atoms with Crippen LogP contribution in [-0.2, 0) is 27.9 Å². The van der Waals surface area contributed by atoms with Crippen molar-refractivity contribution in [2.75, 3.05) is 7.11 Å². The Labute approximate surface area is 151 Å². The Balaban J connectivity index is 1.80. The minimum absolute atomic E-state index is 0.0183. The lowest BCUT2D eigenvalue weighted by molar-refractivity contribution is -0.127. The van der Waals surface area contributed by atoms with Crippen LogP contribution in [-0.4, -0.2) is 36.4 Å². The number of benzene rings is 1. The quantitative estimate of drug-likeness (QED) is 0.759. The number of ether oxygens (including phenoxy) is 1. The summed E-state index contributed by atoms with van der Waals surface area (Å²) in [6.45, 7) is 4.10. The highest BCUT2D eigenvalue weighted by Crippen LogP contribution is 2.24. The van der Waals surface area contributed by atoms with Crippen LogP contribution in [0.3, 0.4) is 0 Å². The average Bonchev–Trinajstić information content (AvgIpc) is 3.02. The van der Waals surface area contributed by atoms with Crippen molar-refractivity contribution < 1.29 is 17.9 Å². The number of sulfonamides is 1. The van der Waals surface area contributed by atoms with E-state index < -0.39 is 16.1 Å². The smallest absolute Gasteiger partial charge is 0.245 e. The summed E-state index contributed by atoms with van der Waals surface area (Å²) in [6.07, 6.45) is 0. The van der Waals surface area contributed by atoms with Crippen molar-refractivity contribution in [3.05, 3.63) is 35.7 Å². The van der Waals surface area contributed by atoms with Crippen LogP contribution >= 0.6 is 0 Å². The van der Waals surface area contributed by atoms with Crippen LogP contribution in [0.5, 0.6) is 5.75 Å². The SMILES string of the molecule is COc1cccc(S(=O)(=O)NCc2nnn3c2CNC(=O)C3C(C)C)c1. The Hall–Kier alpha value is -2.46. The van der Waals surface area contributed by atoms with Crippen LogP contribution in [0, 0.1) is 5.92 Å². The molecule has 2 N–H and O–H groups in total. The molecule has 0 bridgehead atoms. The first-order chi connectivity index (χ1) is 12.3. The number of rotatable bonds is 6. The zero-order chi connectivity index (χ0) is 18.9. The number of hydrogen-bond donors (Lipinski definition) is 2. The second-order valence-electron chi connectivity index (χ2n) is 6.34. The zero-order valence-corrected chi connectivity index (χ0v) is 15.6. The minimum atomic E-state index is -3.73. The summed E-state index contributed by atoms with van der Waals surface area (Å²) in [6, 6.07) is 5.76. The van der Waals surface area contributed by atoms with Gasteiger partial charge >= 0.3 is 0 Å².